The van der Waals surface area contributed by atoms with E-state index in [4.69, 9.17) is 15.6 Å². The summed E-state index contributed by atoms with van der Waals surface area (Å²) >= 11 is 0. The van der Waals surface area contributed by atoms with E-state index in [0.717, 1.165) is 0 Å². The van der Waals surface area contributed by atoms with Crippen molar-refractivity contribution in [2.24, 2.45) is 5.73 Å². The molecule has 1 amide bonds. The fraction of sp³-hybridized carbons (Fsp3) is 0. The lowest BCUT2D eigenvalue weighted by molar-refractivity contribution is 0.0695. The Hall–Kier alpha value is -2.96. The average Bonchev–Trinajstić information content (AvgIpc) is 2.39. The van der Waals surface area contributed by atoms with Gasteiger partial charge in [-0.3, -0.25) is 14.8 Å². The Bertz CT molecular complexity index is 587. The van der Waals surface area contributed by atoms with Gasteiger partial charge in [0.2, 0.25) is 0 Å². The number of rotatable bonds is 4. The van der Waals surface area contributed by atoms with Gasteiger partial charge in [0.15, 0.2) is 0 Å². The van der Waals surface area contributed by atoms with Crippen LogP contribution in [-0.4, -0.2) is 27.0 Å². The zero-order valence-corrected chi connectivity index (χ0v) is 9.61. The Labute approximate surface area is 107 Å². The van der Waals surface area contributed by atoms with Gasteiger partial charge >= 0.3 is 5.97 Å². The van der Waals surface area contributed by atoms with Gasteiger partial charge in [0, 0.05) is 18.5 Å². The normalized spacial score (nSPS) is 9.89. The van der Waals surface area contributed by atoms with Gasteiger partial charge in [0.25, 0.3) is 5.91 Å². The summed E-state index contributed by atoms with van der Waals surface area (Å²) < 4.78 is 5.39. The summed E-state index contributed by atoms with van der Waals surface area (Å²) in [4.78, 5) is 29.3. The summed E-state index contributed by atoms with van der Waals surface area (Å²) in [6.45, 7) is 0. The topological polar surface area (TPSA) is 115 Å². The highest BCUT2D eigenvalue weighted by Gasteiger charge is 2.07. The number of ether oxygens (including phenoxy) is 1. The first-order chi connectivity index (χ1) is 9.06. The Kier molecular flexibility index (Phi) is 3.37. The number of carbonyl (C=O) groups excluding carboxylic acids is 1. The molecule has 3 N–H and O–H groups in total. The molecule has 0 aliphatic carbocycles. The van der Waals surface area contributed by atoms with Gasteiger partial charge in [-0.1, -0.05) is 0 Å². The second-order valence-electron chi connectivity index (χ2n) is 3.56. The Balaban J connectivity index is 2.26. The number of carbonyl (C=O) groups is 2. The van der Waals surface area contributed by atoms with Crippen molar-refractivity contribution in [3.63, 3.8) is 0 Å². The third-order valence-electron chi connectivity index (χ3n) is 2.18. The van der Waals surface area contributed by atoms with Crippen molar-refractivity contribution in [1.82, 2.24) is 9.97 Å². The van der Waals surface area contributed by atoms with E-state index >= 15 is 0 Å². The Morgan fingerprint density at radius 2 is 2.00 bits per heavy atom. The van der Waals surface area contributed by atoms with Crippen molar-refractivity contribution >= 4 is 11.9 Å². The predicted octanol–water partition coefficient (Wildman–Crippen LogP) is 1.07. The van der Waals surface area contributed by atoms with Gasteiger partial charge in [-0.25, -0.2) is 4.79 Å². The molecule has 0 aliphatic heterocycles. The number of carboxylic acids is 1. The minimum absolute atomic E-state index is 0.00156. The van der Waals surface area contributed by atoms with E-state index in [1.54, 1.807) is 0 Å². The van der Waals surface area contributed by atoms with Crippen LogP contribution < -0.4 is 10.5 Å². The largest absolute Gasteiger partial charge is 0.478 e. The van der Waals surface area contributed by atoms with E-state index in [1.807, 2.05) is 0 Å². The molecular weight excluding hydrogens is 250 g/mol. The molecule has 0 saturated heterocycles. The lowest BCUT2D eigenvalue weighted by Crippen LogP contribution is -2.12. The predicted molar refractivity (Wildman–Crippen MR) is 64.0 cm³/mol. The standard InChI is InChI=1S/C12H9N3O4/c13-11(16)10-4-8(1-2-15-10)19-9-3-7(12(17)18)5-14-6-9/h1-6H,(H2,13,16)(H,17,18). The molecule has 0 aromatic carbocycles. The molecule has 0 atom stereocenters. The number of nitrogens with two attached hydrogens (primary N) is 1. The molecule has 0 radical (unpaired) electrons. The SMILES string of the molecule is NC(=O)c1cc(Oc2cncc(C(=O)O)c2)ccn1. The third kappa shape index (κ3) is 3.03. The van der Waals surface area contributed by atoms with Crippen LogP contribution >= 0.6 is 0 Å². The van der Waals surface area contributed by atoms with E-state index in [1.165, 1.54) is 36.8 Å². The van der Waals surface area contributed by atoms with Crippen LogP contribution in [0.2, 0.25) is 0 Å². The molecule has 0 unspecified atom stereocenters. The summed E-state index contributed by atoms with van der Waals surface area (Å²) in [7, 11) is 0. The zero-order valence-electron chi connectivity index (χ0n) is 9.61. The molecule has 7 heteroatoms. The summed E-state index contributed by atoms with van der Waals surface area (Å²) in [5.74, 6) is -1.23. The second-order valence-corrected chi connectivity index (χ2v) is 3.56. The van der Waals surface area contributed by atoms with Crippen molar-refractivity contribution in [2.75, 3.05) is 0 Å². The van der Waals surface area contributed by atoms with E-state index in [9.17, 15) is 9.59 Å². The summed E-state index contributed by atoms with van der Waals surface area (Å²) in [5, 5.41) is 8.83. The number of pyridine rings is 2. The van der Waals surface area contributed by atoms with Gasteiger partial charge in [-0.15, -0.1) is 0 Å². The van der Waals surface area contributed by atoms with Gasteiger partial charge in [0.05, 0.1) is 11.8 Å². The number of carboxylic acid groups (broad SMARTS) is 1. The molecule has 2 rings (SSSR count). The van der Waals surface area contributed by atoms with Gasteiger partial charge in [-0.05, 0) is 12.1 Å². The number of amides is 1. The average molecular weight is 259 g/mol. The molecule has 2 aromatic rings. The maximum absolute atomic E-state index is 11.0. The van der Waals surface area contributed by atoms with Gasteiger partial charge in [-0.2, -0.15) is 0 Å². The molecule has 7 nitrogen and oxygen atoms in total. The molecule has 19 heavy (non-hydrogen) atoms. The highest BCUT2D eigenvalue weighted by Crippen LogP contribution is 2.21. The lowest BCUT2D eigenvalue weighted by Gasteiger charge is -2.06. The number of hydrogen-bond donors (Lipinski definition) is 2. The first kappa shape index (κ1) is 12.5. The number of aromatic carboxylic acids is 1. The Morgan fingerprint density at radius 3 is 2.68 bits per heavy atom. The highest BCUT2D eigenvalue weighted by atomic mass is 16.5. The smallest absolute Gasteiger partial charge is 0.337 e. The molecular formula is C12H9N3O4. The fourth-order valence-corrected chi connectivity index (χ4v) is 1.34. The van der Waals surface area contributed by atoms with Crippen molar-refractivity contribution in [3.05, 3.63) is 48.0 Å². The molecule has 0 spiro atoms. The molecule has 96 valence electrons. The minimum Gasteiger partial charge on any atom is -0.478 e. The molecule has 2 aromatic heterocycles. The summed E-state index contributed by atoms with van der Waals surface area (Å²) in [6.07, 6.45) is 3.93. The van der Waals surface area contributed by atoms with E-state index in [2.05, 4.69) is 9.97 Å². The van der Waals surface area contributed by atoms with Crippen LogP contribution in [-0.2, 0) is 0 Å². The van der Waals surface area contributed by atoms with Crippen molar-refractivity contribution in [3.8, 4) is 11.5 Å². The summed E-state index contributed by atoms with van der Waals surface area (Å²) in [6, 6.07) is 4.19. The van der Waals surface area contributed by atoms with Crippen LogP contribution in [0.25, 0.3) is 0 Å². The van der Waals surface area contributed by atoms with Gasteiger partial charge in [0.1, 0.15) is 17.2 Å². The highest BCUT2D eigenvalue weighted by molar-refractivity contribution is 5.91. The van der Waals surface area contributed by atoms with E-state index in [-0.39, 0.29) is 17.0 Å². The molecule has 0 fully saturated rings. The summed E-state index contributed by atoms with van der Waals surface area (Å²) in [5.41, 5.74) is 5.15. The second kappa shape index (κ2) is 5.13. The van der Waals surface area contributed by atoms with Crippen LogP contribution in [0.15, 0.2) is 36.8 Å². The number of primary amides is 1. The van der Waals surface area contributed by atoms with Gasteiger partial charge < -0.3 is 15.6 Å². The fourth-order valence-electron chi connectivity index (χ4n) is 1.34. The molecule has 0 aliphatic rings. The van der Waals surface area contributed by atoms with Crippen LogP contribution in [0.1, 0.15) is 20.8 Å². The van der Waals surface area contributed by atoms with Crippen molar-refractivity contribution < 1.29 is 19.4 Å². The van der Waals surface area contributed by atoms with Crippen LogP contribution in [0.5, 0.6) is 11.5 Å². The first-order valence-corrected chi connectivity index (χ1v) is 5.18. The molecule has 0 bridgehead atoms. The monoisotopic (exact) mass is 259 g/mol. The van der Waals surface area contributed by atoms with E-state index in [0.29, 0.717) is 5.75 Å². The quantitative estimate of drug-likeness (QED) is 0.848. The molecule has 2 heterocycles. The number of aromatic nitrogens is 2. The van der Waals surface area contributed by atoms with Crippen LogP contribution in [0, 0.1) is 0 Å². The van der Waals surface area contributed by atoms with Crippen LogP contribution in [0.3, 0.4) is 0 Å². The maximum Gasteiger partial charge on any atom is 0.337 e. The first-order valence-electron chi connectivity index (χ1n) is 5.18. The molecule has 0 saturated carbocycles. The number of nitrogens with zero attached hydrogens (tertiary/aromatic N) is 2. The van der Waals surface area contributed by atoms with Crippen molar-refractivity contribution in [2.45, 2.75) is 0 Å². The van der Waals surface area contributed by atoms with Crippen molar-refractivity contribution in [1.29, 1.82) is 0 Å². The zero-order chi connectivity index (χ0) is 13.8. The van der Waals surface area contributed by atoms with Crippen LogP contribution in [0.4, 0.5) is 0 Å². The number of hydrogen-bond acceptors (Lipinski definition) is 5. The maximum atomic E-state index is 11.0. The van der Waals surface area contributed by atoms with E-state index < -0.39 is 11.9 Å². The Morgan fingerprint density at radius 1 is 1.21 bits per heavy atom. The third-order valence-corrected chi connectivity index (χ3v) is 2.18. The minimum atomic E-state index is -1.11. The lowest BCUT2D eigenvalue weighted by atomic mass is 10.3.